The Kier molecular flexibility index (Phi) is 4.49. The van der Waals surface area contributed by atoms with Crippen LogP contribution >= 0.6 is 0 Å². The fraction of sp³-hybridized carbons (Fsp3) is 0.571. The molecule has 0 bridgehead atoms. The lowest BCUT2D eigenvalue weighted by atomic mass is 9.95. The first-order valence-electron chi connectivity index (χ1n) is 6.42. The van der Waals surface area contributed by atoms with E-state index >= 15 is 0 Å². The Morgan fingerprint density at radius 2 is 1.65 bits per heavy atom. The summed E-state index contributed by atoms with van der Waals surface area (Å²) in [5.41, 5.74) is 0.728. The van der Waals surface area contributed by atoms with E-state index in [-0.39, 0.29) is 0 Å². The van der Waals surface area contributed by atoms with Gasteiger partial charge in [-0.15, -0.1) is 0 Å². The molecule has 0 heterocycles. The largest absolute Gasteiger partial charge is 0.314 e. The maximum atomic E-state index is 12.9. The molecule has 1 aliphatic rings. The number of rotatable bonds is 4. The zero-order valence-electron chi connectivity index (χ0n) is 10.0. The summed E-state index contributed by atoms with van der Waals surface area (Å²) in [5, 5.41) is 3.46. The SMILES string of the molecule is Fc1cc(F)cc(CCNC2CCCCC2)c1. The third kappa shape index (κ3) is 4.08. The van der Waals surface area contributed by atoms with Gasteiger partial charge in [0.1, 0.15) is 11.6 Å². The Morgan fingerprint density at radius 1 is 1.00 bits per heavy atom. The lowest BCUT2D eigenvalue weighted by Crippen LogP contribution is -2.32. The highest BCUT2D eigenvalue weighted by Gasteiger charge is 2.12. The number of benzene rings is 1. The van der Waals surface area contributed by atoms with Crippen LogP contribution in [0.1, 0.15) is 37.7 Å². The lowest BCUT2D eigenvalue weighted by molar-refractivity contribution is 0.375. The van der Waals surface area contributed by atoms with Crippen molar-refractivity contribution in [1.29, 1.82) is 0 Å². The van der Waals surface area contributed by atoms with Gasteiger partial charge in [0.05, 0.1) is 0 Å². The molecule has 0 amide bonds. The summed E-state index contributed by atoms with van der Waals surface area (Å²) in [7, 11) is 0. The van der Waals surface area contributed by atoms with Crippen molar-refractivity contribution < 1.29 is 8.78 Å². The standard InChI is InChI=1S/C14H19F2N/c15-12-8-11(9-13(16)10-12)6-7-17-14-4-2-1-3-5-14/h8-10,14,17H,1-7H2. The van der Waals surface area contributed by atoms with Crippen molar-refractivity contribution in [2.45, 2.75) is 44.6 Å². The van der Waals surface area contributed by atoms with E-state index in [1.54, 1.807) is 0 Å². The first-order valence-corrected chi connectivity index (χ1v) is 6.42. The Hall–Kier alpha value is -0.960. The van der Waals surface area contributed by atoms with Gasteiger partial charge in [-0.3, -0.25) is 0 Å². The third-order valence-corrected chi connectivity index (χ3v) is 3.37. The molecule has 0 spiro atoms. The van der Waals surface area contributed by atoms with Gasteiger partial charge in [0, 0.05) is 12.1 Å². The quantitative estimate of drug-likeness (QED) is 0.848. The Morgan fingerprint density at radius 3 is 2.29 bits per heavy atom. The molecule has 1 fully saturated rings. The smallest absolute Gasteiger partial charge is 0.126 e. The van der Waals surface area contributed by atoms with Crippen molar-refractivity contribution in [2.75, 3.05) is 6.54 Å². The summed E-state index contributed by atoms with van der Waals surface area (Å²) < 4.78 is 25.9. The van der Waals surface area contributed by atoms with Gasteiger partial charge < -0.3 is 5.32 Å². The molecular formula is C14H19F2N. The van der Waals surface area contributed by atoms with E-state index in [0.29, 0.717) is 12.5 Å². The van der Waals surface area contributed by atoms with Crippen LogP contribution in [0.2, 0.25) is 0 Å². The maximum absolute atomic E-state index is 12.9. The molecular weight excluding hydrogens is 220 g/mol. The summed E-state index contributed by atoms with van der Waals surface area (Å²) in [5.74, 6) is -0.977. The summed E-state index contributed by atoms with van der Waals surface area (Å²) in [6.45, 7) is 0.799. The number of hydrogen-bond acceptors (Lipinski definition) is 1. The molecule has 3 heteroatoms. The van der Waals surface area contributed by atoms with Crippen LogP contribution in [0, 0.1) is 11.6 Å². The molecule has 2 rings (SSSR count). The molecule has 0 aromatic heterocycles. The molecule has 0 atom stereocenters. The van der Waals surface area contributed by atoms with Gasteiger partial charge in [-0.25, -0.2) is 8.78 Å². The van der Waals surface area contributed by atoms with E-state index in [0.717, 1.165) is 18.2 Å². The minimum atomic E-state index is -0.488. The van der Waals surface area contributed by atoms with Gasteiger partial charge in [-0.2, -0.15) is 0 Å². The molecule has 17 heavy (non-hydrogen) atoms. The number of hydrogen-bond donors (Lipinski definition) is 1. The summed E-state index contributed by atoms with van der Waals surface area (Å²) in [4.78, 5) is 0. The van der Waals surface area contributed by atoms with Crippen LogP contribution in [-0.2, 0) is 6.42 Å². The molecule has 0 saturated heterocycles. The highest BCUT2D eigenvalue weighted by Crippen LogP contribution is 2.17. The normalized spacial score (nSPS) is 17.3. The van der Waals surface area contributed by atoms with Crippen LogP contribution in [-0.4, -0.2) is 12.6 Å². The monoisotopic (exact) mass is 239 g/mol. The second-order valence-electron chi connectivity index (χ2n) is 4.82. The fourth-order valence-corrected chi connectivity index (χ4v) is 2.48. The summed E-state index contributed by atoms with van der Waals surface area (Å²) >= 11 is 0. The zero-order chi connectivity index (χ0) is 12.1. The van der Waals surface area contributed by atoms with Crippen molar-refractivity contribution in [1.82, 2.24) is 5.32 Å². The van der Waals surface area contributed by atoms with Crippen LogP contribution in [0.25, 0.3) is 0 Å². The van der Waals surface area contributed by atoms with Gasteiger partial charge in [0.2, 0.25) is 0 Å². The average molecular weight is 239 g/mol. The van der Waals surface area contributed by atoms with Gasteiger partial charge in [-0.1, -0.05) is 19.3 Å². The van der Waals surface area contributed by atoms with E-state index in [1.807, 2.05) is 0 Å². The van der Waals surface area contributed by atoms with E-state index in [9.17, 15) is 8.78 Å². The summed E-state index contributed by atoms with van der Waals surface area (Å²) in [6, 6.07) is 4.33. The van der Waals surface area contributed by atoms with E-state index in [4.69, 9.17) is 0 Å². The predicted octanol–water partition coefficient (Wildman–Crippen LogP) is 3.43. The minimum Gasteiger partial charge on any atom is -0.314 e. The topological polar surface area (TPSA) is 12.0 Å². The maximum Gasteiger partial charge on any atom is 0.126 e. The highest BCUT2D eigenvalue weighted by atomic mass is 19.1. The van der Waals surface area contributed by atoms with Crippen LogP contribution in [0.3, 0.4) is 0 Å². The molecule has 0 radical (unpaired) electrons. The molecule has 1 saturated carbocycles. The van der Waals surface area contributed by atoms with Crippen molar-refractivity contribution in [2.24, 2.45) is 0 Å². The van der Waals surface area contributed by atoms with E-state index in [2.05, 4.69) is 5.32 Å². The molecule has 1 N–H and O–H groups in total. The van der Waals surface area contributed by atoms with Gasteiger partial charge >= 0.3 is 0 Å². The third-order valence-electron chi connectivity index (χ3n) is 3.37. The number of halogens is 2. The van der Waals surface area contributed by atoms with Crippen LogP contribution in [0.15, 0.2) is 18.2 Å². The molecule has 0 aliphatic heterocycles. The second kappa shape index (κ2) is 6.10. The van der Waals surface area contributed by atoms with Crippen LogP contribution in [0.5, 0.6) is 0 Å². The van der Waals surface area contributed by atoms with Gasteiger partial charge in [-0.05, 0) is 43.5 Å². The Bertz CT molecular complexity index is 339. The fourth-order valence-electron chi connectivity index (χ4n) is 2.48. The second-order valence-corrected chi connectivity index (χ2v) is 4.82. The van der Waals surface area contributed by atoms with Gasteiger partial charge in [0.15, 0.2) is 0 Å². The zero-order valence-corrected chi connectivity index (χ0v) is 10.0. The highest BCUT2D eigenvalue weighted by molar-refractivity contribution is 5.18. The molecule has 0 unspecified atom stereocenters. The molecule has 94 valence electrons. The van der Waals surface area contributed by atoms with E-state index in [1.165, 1.54) is 44.2 Å². The van der Waals surface area contributed by atoms with Gasteiger partial charge in [0.25, 0.3) is 0 Å². The van der Waals surface area contributed by atoms with Crippen molar-refractivity contribution in [3.05, 3.63) is 35.4 Å². The molecule has 1 aromatic carbocycles. The van der Waals surface area contributed by atoms with Crippen LogP contribution in [0.4, 0.5) is 8.78 Å². The first-order chi connectivity index (χ1) is 8.24. The molecule has 1 nitrogen and oxygen atoms in total. The Balaban J connectivity index is 1.77. The van der Waals surface area contributed by atoms with E-state index < -0.39 is 11.6 Å². The molecule has 1 aliphatic carbocycles. The first kappa shape index (κ1) is 12.5. The van der Waals surface area contributed by atoms with Crippen LogP contribution < -0.4 is 5.32 Å². The predicted molar refractivity (Wildman–Crippen MR) is 64.9 cm³/mol. The molecule has 1 aromatic rings. The Labute approximate surface area is 101 Å². The number of nitrogens with one attached hydrogen (secondary N) is 1. The minimum absolute atomic E-state index is 0.488. The van der Waals surface area contributed by atoms with Crippen molar-refractivity contribution in [3.63, 3.8) is 0 Å². The van der Waals surface area contributed by atoms with Crippen molar-refractivity contribution in [3.8, 4) is 0 Å². The summed E-state index contributed by atoms with van der Waals surface area (Å²) in [6.07, 6.45) is 7.09. The average Bonchev–Trinajstić information content (AvgIpc) is 2.29. The lowest BCUT2D eigenvalue weighted by Gasteiger charge is -2.22. The van der Waals surface area contributed by atoms with Crippen molar-refractivity contribution >= 4 is 0 Å².